The number of hydrogen-bond donors (Lipinski definition) is 0. The van der Waals surface area contributed by atoms with Crippen LogP contribution >= 0.6 is 0 Å². The zero-order valence-electron chi connectivity index (χ0n) is 7.61. The molecule has 0 saturated carbocycles. The average Bonchev–Trinajstić information content (AvgIpc) is 2.49. The molecule has 13 heavy (non-hydrogen) atoms. The van der Waals surface area contributed by atoms with Crippen molar-refractivity contribution in [1.82, 2.24) is 14.5 Å². The monoisotopic (exact) mass is 176 g/mol. The summed E-state index contributed by atoms with van der Waals surface area (Å²) in [5.41, 5.74) is 1.64. The maximum atomic E-state index is 5.27. The van der Waals surface area contributed by atoms with Crippen LogP contribution in [0.15, 0.2) is 12.1 Å². The minimum Gasteiger partial charge on any atom is -0.478 e. The average molecular weight is 176 g/mol. The first-order chi connectivity index (χ1) is 6.31. The van der Waals surface area contributed by atoms with Gasteiger partial charge < -0.3 is 9.30 Å². The largest absolute Gasteiger partial charge is 0.478 e. The van der Waals surface area contributed by atoms with E-state index in [1.54, 1.807) is 4.57 Å². The van der Waals surface area contributed by atoms with E-state index >= 15 is 0 Å². The van der Waals surface area contributed by atoms with Crippen LogP contribution in [0.4, 0.5) is 0 Å². The number of rotatable bonds is 2. The number of ether oxygens (including phenoxy) is 1. The van der Waals surface area contributed by atoms with Crippen molar-refractivity contribution in [2.24, 2.45) is 7.05 Å². The minimum absolute atomic E-state index is 0.625. The molecule has 4 nitrogen and oxygen atoms in total. The number of aromatic nitrogens is 3. The van der Waals surface area contributed by atoms with Gasteiger partial charge in [0, 0.05) is 13.1 Å². The standard InChI is InChI=1S/C9H10N3O/c1-3-13-8-5-4-7-9(11-8)12(2)6-10-7/h4-5H,3H2,1-2H3. The maximum Gasteiger partial charge on any atom is 0.215 e. The second-order valence-electron chi connectivity index (χ2n) is 2.70. The van der Waals surface area contributed by atoms with E-state index in [2.05, 4.69) is 16.3 Å². The predicted octanol–water partition coefficient (Wildman–Crippen LogP) is 1.17. The van der Waals surface area contributed by atoms with Gasteiger partial charge in [-0.3, -0.25) is 0 Å². The molecule has 0 unspecified atom stereocenters. The molecule has 0 amide bonds. The number of imidazole rings is 1. The molecule has 0 aliphatic rings. The van der Waals surface area contributed by atoms with E-state index in [1.807, 2.05) is 26.1 Å². The molecule has 1 radical (unpaired) electrons. The van der Waals surface area contributed by atoms with E-state index in [9.17, 15) is 0 Å². The maximum absolute atomic E-state index is 5.27. The number of nitrogens with zero attached hydrogens (tertiary/aromatic N) is 3. The van der Waals surface area contributed by atoms with Gasteiger partial charge in [0.05, 0.1) is 6.61 Å². The third kappa shape index (κ3) is 1.35. The van der Waals surface area contributed by atoms with Crippen molar-refractivity contribution in [3.63, 3.8) is 0 Å². The fourth-order valence-corrected chi connectivity index (χ4v) is 1.16. The lowest BCUT2D eigenvalue weighted by Gasteiger charge is -2.00. The smallest absolute Gasteiger partial charge is 0.215 e. The summed E-state index contributed by atoms with van der Waals surface area (Å²) >= 11 is 0. The first kappa shape index (κ1) is 8.04. The molecular formula is C9H10N3O. The summed E-state index contributed by atoms with van der Waals surface area (Å²) in [7, 11) is 1.86. The molecule has 0 aliphatic heterocycles. The molecule has 2 rings (SSSR count). The van der Waals surface area contributed by atoms with Crippen molar-refractivity contribution < 1.29 is 4.74 Å². The summed E-state index contributed by atoms with van der Waals surface area (Å²) in [6.45, 7) is 2.56. The van der Waals surface area contributed by atoms with Crippen molar-refractivity contribution >= 4 is 11.2 Å². The molecule has 0 N–H and O–H groups in total. The Hall–Kier alpha value is -1.58. The Balaban J connectivity index is 2.53. The van der Waals surface area contributed by atoms with Gasteiger partial charge in [-0.2, -0.15) is 4.98 Å². The molecular weight excluding hydrogens is 166 g/mol. The van der Waals surface area contributed by atoms with Crippen LogP contribution in [0, 0.1) is 6.33 Å². The molecule has 0 spiro atoms. The Morgan fingerprint density at radius 1 is 1.54 bits per heavy atom. The summed E-state index contributed by atoms with van der Waals surface area (Å²) in [5, 5.41) is 0. The van der Waals surface area contributed by atoms with Crippen LogP contribution in [0.5, 0.6) is 5.88 Å². The van der Waals surface area contributed by atoms with Gasteiger partial charge in [0.1, 0.15) is 5.52 Å². The van der Waals surface area contributed by atoms with Crippen molar-refractivity contribution in [3.8, 4) is 5.88 Å². The van der Waals surface area contributed by atoms with Crippen LogP contribution in [0.25, 0.3) is 11.2 Å². The van der Waals surface area contributed by atoms with Crippen LogP contribution in [-0.4, -0.2) is 21.1 Å². The number of hydrogen-bond acceptors (Lipinski definition) is 3. The number of fused-ring (bicyclic) bond motifs is 1. The van der Waals surface area contributed by atoms with Gasteiger partial charge in [0.2, 0.25) is 5.88 Å². The quantitative estimate of drug-likeness (QED) is 0.689. The van der Waals surface area contributed by atoms with Gasteiger partial charge in [-0.15, -0.1) is 0 Å². The van der Waals surface area contributed by atoms with Crippen molar-refractivity contribution in [3.05, 3.63) is 18.5 Å². The minimum atomic E-state index is 0.625. The molecule has 0 aromatic carbocycles. The van der Waals surface area contributed by atoms with E-state index in [-0.39, 0.29) is 0 Å². The van der Waals surface area contributed by atoms with Crippen molar-refractivity contribution in [2.45, 2.75) is 6.92 Å². The molecule has 0 aliphatic carbocycles. The summed E-state index contributed by atoms with van der Waals surface area (Å²) in [5.74, 6) is 0.631. The van der Waals surface area contributed by atoms with Crippen LogP contribution < -0.4 is 4.74 Å². The van der Waals surface area contributed by atoms with E-state index in [1.165, 1.54) is 0 Å². The zero-order valence-corrected chi connectivity index (χ0v) is 7.61. The van der Waals surface area contributed by atoms with Gasteiger partial charge in [0.25, 0.3) is 0 Å². The third-order valence-corrected chi connectivity index (χ3v) is 1.76. The zero-order chi connectivity index (χ0) is 9.26. The Kier molecular flexibility index (Phi) is 1.88. The van der Waals surface area contributed by atoms with Crippen LogP contribution in [0.2, 0.25) is 0 Å². The lowest BCUT2D eigenvalue weighted by molar-refractivity contribution is 0.328. The van der Waals surface area contributed by atoms with E-state index in [0.717, 1.165) is 11.2 Å². The molecule has 0 saturated heterocycles. The molecule has 0 fully saturated rings. The van der Waals surface area contributed by atoms with Gasteiger partial charge in [0.15, 0.2) is 12.0 Å². The Morgan fingerprint density at radius 2 is 2.38 bits per heavy atom. The molecule has 0 atom stereocenters. The van der Waals surface area contributed by atoms with Gasteiger partial charge in [-0.1, -0.05) is 0 Å². The van der Waals surface area contributed by atoms with E-state index in [4.69, 9.17) is 4.74 Å². The normalized spacial score (nSPS) is 10.6. The van der Waals surface area contributed by atoms with Crippen LogP contribution in [-0.2, 0) is 7.05 Å². The Morgan fingerprint density at radius 3 is 3.15 bits per heavy atom. The highest BCUT2D eigenvalue weighted by atomic mass is 16.5. The Labute approximate surface area is 76.2 Å². The van der Waals surface area contributed by atoms with Gasteiger partial charge in [-0.25, -0.2) is 4.98 Å². The molecule has 2 heterocycles. The number of aryl methyl sites for hydroxylation is 1. The predicted molar refractivity (Wildman–Crippen MR) is 48.5 cm³/mol. The molecule has 0 bridgehead atoms. The highest BCUT2D eigenvalue weighted by molar-refractivity contribution is 5.70. The Bertz CT molecular complexity index is 422. The SMILES string of the molecule is CCOc1ccc2n[c]n(C)c2n1. The third-order valence-electron chi connectivity index (χ3n) is 1.76. The molecule has 2 aromatic heterocycles. The highest BCUT2D eigenvalue weighted by Crippen LogP contribution is 2.13. The fourth-order valence-electron chi connectivity index (χ4n) is 1.16. The van der Waals surface area contributed by atoms with Crippen LogP contribution in [0.3, 0.4) is 0 Å². The lowest BCUT2D eigenvalue weighted by atomic mass is 10.4. The first-order valence-electron chi connectivity index (χ1n) is 4.15. The second-order valence-corrected chi connectivity index (χ2v) is 2.70. The second kappa shape index (κ2) is 3.05. The van der Waals surface area contributed by atoms with Gasteiger partial charge >= 0.3 is 0 Å². The topological polar surface area (TPSA) is 39.9 Å². The summed E-state index contributed by atoms with van der Waals surface area (Å²) in [6, 6.07) is 3.69. The van der Waals surface area contributed by atoms with E-state index in [0.29, 0.717) is 12.5 Å². The fraction of sp³-hybridized carbons (Fsp3) is 0.333. The first-order valence-corrected chi connectivity index (χ1v) is 4.15. The van der Waals surface area contributed by atoms with E-state index < -0.39 is 0 Å². The van der Waals surface area contributed by atoms with Crippen molar-refractivity contribution in [1.29, 1.82) is 0 Å². The summed E-state index contributed by atoms with van der Waals surface area (Å²) < 4.78 is 7.02. The lowest BCUT2D eigenvalue weighted by Crippen LogP contribution is -1.95. The van der Waals surface area contributed by atoms with Gasteiger partial charge in [-0.05, 0) is 13.0 Å². The summed E-state index contributed by atoms with van der Waals surface area (Å²) in [4.78, 5) is 8.31. The molecule has 2 aromatic rings. The summed E-state index contributed by atoms with van der Waals surface area (Å²) in [6.07, 6.45) is 2.79. The highest BCUT2D eigenvalue weighted by Gasteiger charge is 2.02. The number of pyridine rings is 1. The molecule has 4 heteroatoms. The van der Waals surface area contributed by atoms with Crippen LogP contribution in [0.1, 0.15) is 6.92 Å². The van der Waals surface area contributed by atoms with Crippen molar-refractivity contribution in [2.75, 3.05) is 6.61 Å². The molecule has 67 valence electrons.